The van der Waals surface area contributed by atoms with Crippen molar-refractivity contribution in [3.05, 3.63) is 69.0 Å². The van der Waals surface area contributed by atoms with Gasteiger partial charge in [-0.25, -0.2) is 17.8 Å². The van der Waals surface area contributed by atoms with E-state index in [9.17, 15) is 8.42 Å². The van der Waals surface area contributed by atoms with E-state index in [0.717, 1.165) is 11.1 Å². The van der Waals surface area contributed by atoms with E-state index in [1.165, 1.54) is 11.0 Å². The molecule has 0 atom stereocenters. The summed E-state index contributed by atoms with van der Waals surface area (Å²) < 4.78 is 29.5. The number of hydrogen-bond acceptors (Lipinski definition) is 4. The summed E-state index contributed by atoms with van der Waals surface area (Å²) >= 11 is 11.9. The molecule has 0 spiro atoms. The van der Waals surface area contributed by atoms with Gasteiger partial charge in [0.2, 0.25) is 0 Å². The molecule has 0 aliphatic rings. The van der Waals surface area contributed by atoms with Crippen molar-refractivity contribution in [2.24, 2.45) is 0 Å². The molecule has 0 radical (unpaired) electrons. The molecule has 0 saturated heterocycles. The smallest absolute Gasteiger partial charge is 0.246 e. The number of halogens is 2. The van der Waals surface area contributed by atoms with Crippen LogP contribution in [0.4, 0.5) is 5.95 Å². The zero-order valence-electron chi connectivity index (χ0n) is 15.0. The normalized spacial score (nSPS) is 11.6. The van der Waals surface area contributed by atoms with Crippen molar-refractivity contribution in [3.8, 4) is 0 Å². The van der Waals surface area contributed by atoms with Crippen LogP contribution in [-0.2, 0) is 16.6 Å². The Labute approximate surface area is 168 Å². The Balaban J connectivity index is 1.82. The number of anilines is 1. The molecule has 1 N–H and O–H groups in total. The van der Waals surface area contributed by atoms with Crippen LogP contribution >= 0.6 is 23.2 Å². The van der Waals surface area contributed by atoms with Crippen LogP contribution in [0, 0.1) is 20.8 Å². The highest BCUT2D eigenvalue weighted by Crippen LogP contribution is 2.24. The Hall–Kier alpha value is -2.09. The molecular formula is C18H18Cl2N4O2S. The molecular weight excluding hydrogens is 407 g/mol. The lowest BCUT2D eigenvalue weighted by atomic mass is 10.1. The summed E-state index contributed by atoms with van der Waals surface area (Å²) in [5.74, 6) is 0.00874. The molecule has 9 heteroatoms. The highest BCUT2D eigenvalue weighted by molar-refractivity contribution is 7.92. The second kappa shape index (κ2) is 7.50. The van der Waals surface area contributed by atoms with E-state index >= 15 is 0 Å². The lowest BCUT2D eigenvalue weighted by molar-refractivity contribution is 0.599. The summed E-state index contributed by atoms with van der Waals surface area (Å²) in [5, 5.41) is 5.10. The average Bonchev–Trinajstić information content (AvgIpc) is 2.95. The van der Waals surface area contributed by atoms with Crippen LogP contribution < -0.4 is 4.72 Å². The Morgan fingerprint density at radius 3 is 2.33 bits per heavy atom. The van der Waals surface area contributed by atoms with Crippen LogP contribution in [0.1, 0.15) is 22.3 Å². The van der Waals surface area contributed by atoms with E-state index in [-0.39, 0.29) is 10.8 Å². The lowest BCUT2D eigenvalue weighted by Gasteiger charge is -2.12. The fourth-order valence-electron chi connectivity index (χ4n) is 3.00. The summed E-state index contributed by atoms with van der Waals surface area (Å²) in [7, 11) is -3.79. The first kappa shape index (κ1) is 19.7. The van der Waals surface area contributed by atoms with Gasteiger partial charge >= 0.3 is 0 Å². The van der Waals surface area contributed by atoms with E-state index < -0.39 is 10.0 Å². The molecule has 0 aliphatic carbocycles. The maximum absolute atomic E-state index is 12.8. The number of sulfonamides is 1. The predicted octanol–water partition coefficient (Wildman–Crippen LogP) is 4.36. The molecule has 27 heavy (non-hydrogen) atoms. The summed E-state index contributed by atoms with van der Waals surface area (Å²) in [6, 6.07) is 8.91. The molecule has 1 heterocycles. The summed E-state index contributed by atoms with van der Waals surface area (Å²) in [4.78, 5) is 4.29. The molecule has 1 aromatic heterocycles. The Kier molecular flexibility index (Phi) is 5.46. The third-order valence-electron chi connectivity index (χ3n) is 3.96. The molecule has 3 rings (SSSR count). The van der Waals surface area contributed by atoms with Crippen molar-refractivity contribution in [2.45, 2.75) is 32.2 Å². The van der Waals surface area contributed by atoms with E-state index in [1.807, 2.05) is 25.1 Å². The zero-order valence-corrected chi connectivity index (χ0v) is 17.3. The molecule has 142 valence electrons. The second-order valence-electron chi connectivity index (χ2n) is 6.35. The summed E-state index contributed by atoms with van der Waals surface area (Å²) in [5.41, 5.74) is 3.23. The third kappa shape index (κ3) is 4.43. The number of nitrogens with zero attached hydrogens (tertiary/aromatic N) is 3. The highest BCUT2D eigenvalue weighted by Gasteiger charge is 2.21. The Morgan fingerprint density at radius 1 is 1.04 bits per heavy atom. The average molecular weight is 425 g/mol. The maximum Gasteiger partial charge on any atom is 0.264 e. The Bertz CT molecular complexity index is 1090. The quantitative estimate of drug-likeness (QED) is 0.659. The number of aromatic nitrogens is 3. The van der Waals surface area contributed by atoms with Crippen molar-refractivity contribution >= 4 is 39.2 Å². The van der Waals surface area contributed by atoms with Crippen LogP contribution in [-0.4, -0.2) is 23.2 Å². The molecule has 0 amide bonds. The number of rotatable bonds is 5. The van der Waals surface area contributed by atoms with Crippen LogP contribution in [0.5, 0.6) is 0 Å². The molecule has 0 saturated carbocycles. The van der Waals surface area contributed by atoms with Gasteiger partial charge < -0.3 is 0 Å². The topological polar surface area (TPSA) is 76.9 Å². The number of benzene rings is 2. The van der Waals surface area contributed by atoms with Crippen LogP contribution in [0.3, 0.4) is 0 Å². The zero-order chi connectivity index (χ0) is 19.8. The first-order chi connectivity index (χ1) is 12.7. The van der Waals surface area contributed by atoms with Crippen LogP contribution in [0.15, 0.2) is 41.6 Å². The minimum atomic E-state index is -3.79. The second-order valence-corrected chi connectivity index (χ2v) is 8.78. The van der Waals surface area contributed by atoms with Gasteiger partial charge in [-0.2, -0.15) is 4.98 Å². The molecule has 3 aromatic rings. The fraction of sp³-hybridized carbons (Fsp3) is 0.222. The van der Waals surface area contributed by atoms with E-state index in [4.69, 9.17) is 23.2 Å². The van der Waals surface area contributed by atoms with Gasteiger partial charge in [-0.1, -0.05) is 47.0 Å². The molecule has 6 nitrogen and oxygen atoms in total. The molecule has 0 bridgehead atoms. The lowest BCUT2D eigenvalue weighted by Crippen LogP contribution is -2.17. The van der Waals surface area contributed by atoms with Crippen LogP contribution in [0.2, 0.25) is 10.0 Å². The third-order valence-corrected chi connectivity index (χ3v) is 6.34. The van der Waals surface area contributed by atoms with Gasteiger partial charge in [0.05, 0.1) is 21.5 Å². The van der Waals surface area contributed by atoms with Crippen molar-refractivity contribution in [2.75, 3.05) is 4.72 Å². The minimum absolute atomic E-state index is 0.00874. The molecule has 0 aliphatic heterocycles. The highest BCUT2D eigenvalue weighted by atomic mass is 35.5. The SMILES string of the molecule is Cc1cc(C)c(S(=O)(=O)Nc2ncn(Cc3ccc(Cl)c(Cl)c3)n2)c(C)c1. The monoisotopic (exact) mass is 424 g/mol. The number of hydrogen-bond donors (Lipinski definition) is 1. The van der Waals surface area contributed by atoms with Crippen molar-refractivity contribution in [1.82, 2.24) is 14.8 Å². The largest absolute Gasteiger partial charge is 0.264 e. The Morgan fingerprint density at radius 2 is 1.70 bits per heavy atom. The van der Waals surface area contributed by atoms with Gasteiger partial charge in [-0.05, 0) is 49.6 Å². The van der Waals surface area contributed by atoms with Gasteiger partial charge in [-0.3, -0.25) is 0 Å². The predicted molar refractivity (Wildman–Crippen MR) is 107 cm³/mol. The molecule has 2 aromatic carbocycles. The number of aryl methyl sites for hydroxylation is 3. The van der Waals surface area contributed by atoms with Crippen molar-refractivity contribution < 1.29 is 8.42 Å². The minimum Gasteiger partial charge on any atom is -0.246 e. The van der Waals surface area contributed by atoms with Crippen molar-refractivity contribution in [1.29, 1.82) is 0 Å². The van der Waals surface area contributed by atoms with E-state index in [0.29, 0.717) is 27.7 Å². The maximum atomic E-state index is 12.8. The molecule has 0 unspecified atom stereocenters. The molecule has 0 fully saturated rings. The van der Waals surface area contributed by atoms with Gasteiger partial charge in [0.25, 0.3) is 16.0 Å². The van der Waals surface area contributed by atoms with Crippen LogP contribution in [0.25, 0.3) is 0 Å². The fourth-order valence-corrected chi connectivity index (χ4v) is 4.73. The van der Waals surface area contributed by atoms with Crippen molar-refractivity contribution in [3.63, 3.8) is 0 Å². The van der Waals surface area contributed by atoms with Gasteiger partial charge in [0, 0.05) is 0 Å². The van der Waals surface area contributed by atoms with E-state index in [2.05, 4.69) is 14.8 Å². The van der Waals surface area contributed by atoms with E-state index in [1.54, 1.807) is 26.0 Å². The van der Waals surface area contributed by atoms with Gasteiger partial charge in [0.15, 0.2) is 0 Å². The van der Waals surface area contributed by atoms with Gasteiger partial charge in [0.1, 0.15) is 6.33 Å². The van der Waals surface area contributed by atoms with Gasteiger partial charge in [-0.15, -0.1) is 5.10 Å². The standard InChI is InChI=1S/C18H18Cl2N4O2S/c1-11-6-12(2)17(13(3)7-11)27(25,26)23-18-21-10-24(22-18)9-14-4-5-15(19)16(20)8-14/h4-8,10H,9H2,1-3H3,(H,22,23). The summed E-state index contributed by atoms with van der Waals surface area (Å²) in [6.45, 7) is 5.85. The summed E-state index contributed by atoms with van der Waals surface area (Å²) in [6.07, 6.45) is 1.45. The first-order valence-electron chi connectivity index (χ1n) is 8.10. The first-order valence-corrected chi connectivity index (χ1v) is 10.3. The number of nitrogens with one attached hydrogen (secondary N) is 1.